The molecule has 1 N–H and O–H groups in total. The Hall–Kier alpha value is -3.98. The van der Waals surface area contributed by atoms with Crippen molar-refractivity contribution in [2.24, 2.45) is 0 Å². The van der Waals surface area contributed by atoms with Gasteiger partial charge in [-0.2, -0.15) is 0 Å². The third-order valence-electron chi connectivity index (χ3n) is 6.14. The van der Waals surface area contributed by atoms with E-state index in [0.29, 0.717) is 37.0 Å². The Labute approximate surface area is 215 Å². The predicted molar refractivity (Wildman–Crippen MR) is 131 cm³/mol. The highest BCUT2D eigenvalue weighted by atomic mass is 16.7. The second-order valence-corrected chi connectivity index (χ2v) is 9.86. The third kappa shape index (κ3) is 5.72. The molecule has 198 valence electrons. The summed E-state index contributed by atoms with van der Waals surface area (Å²) in [5.41, 5.74) is 0.201. The molecule has 4 rings (SSSR count). The maximum Gasteiger partial charge on any atom is 0.434 e. The van der Waals surface area contributed by atoms with Crippen LogP contribution in [0, 0.1) is 12.3 Å². The van der Waals surface area contributed by atoms with Crippen molar-refractivity contribution in [3.05, 3.63) is 24.3 Å². The maximum absolute atomic E-state index is 13.0. The molecule has 3 heterocycles. The van der Waals surface area contributed by atoms with E-state index in [1.807, 2.05) is 24.3 Å². The zero-order valence-electron chi connectivity index (χ0n) is 21.1. The molecule has 0 bridgehead atoms. The standard InChI is InChI=1S/C25H31N5O7/c1-5-14-35-18-8-6-17(7-9-18)27-10-12-28(13-11-27)24(34)37-30-21(31)19-15-26-16-20(29(19)23(30)33)22(32)36-25(2,3)4/h1,6-9,19-20,26H,10-16H2,2-4H3. The summed E-state index contributed by atoms with van der Waals surface area (Å²) < 4.78 is 10.8. The molecule has 2 unspecified atom stereocenters. The second-order valence-electron chi connectivity index (χ2n) is 9.86. The molecule has 3 saturated heterocycles. The molecular formula is C25H31N5O7. The number of amides is 4. The fourth-order valence-corrected chi connectivity index (χ4v) is 4.39. The summed E-state index contributed by atoms with van der Waals surface area (Å²) in [5.74, 6) is 1.75. The van der Waals surface area contributed by atoms with Gasteiger partial charge in [-0.1, -0.05) is 11.0 Å². The van der Waals surface area contributed by atoms with Crippen molar-refractivity contribution in [1.29, 1.82) is 0 Å². The number of anilines is 1. The minimum Gasteiger partial charge on any atom is -0.481 e. The Morgan fingerprint density at radius 3 is 2.38 bits per heavy atom. The Kier molecular flexibility index (Phi) is 7.45. The summed E-state index contributed by atoms with van der Waals surface area (Å²) in [5, 5.41) is 3.44. The fourth-order valence-electron chi connectivity index (χ4n) is 4.39. The van der Waals surface area contributed by atoms with Crippen LogP contribution in [0.2, 0.25) is 0 Å². The number of benzene rings is 1. The molecule has 0 saturated carbocycles. The molecule has 4 amide bonds. The highest BCUT2D eigenvalue weighted by Gasteiger charge is 2.54. The fraction of sp³-hybridized carbons (Fsp3) is 0.520. The number of terminal acetylenes is 1. The highest BCUT2D eigenvalue weighted by molar-refractivity contribution is 6.05. The summed E-state index contributed by atoms with van der Waals surface area (Å²) in [4.78, 5) is 61.3. The minimum absolute atomic E-state index is 0.130. The van der Waals surface area contributed by atoms with Gasteiger partial charge in [0, 0.05) is 45.0 Å². The zero-order chi connectivity index (χ0) is 26.7. The first-order valence-corrected chi connectivity index (χ1v) is 12.1. The van der Waals surface area contributed by atoms with E-state index in [1.54, 1.807) is 20.8 Å². The van der Waals surface area contributed by atoms with Crippen LogP contribution >= 0.6 is 0 Å². The Bertz CT molecular complexity index is 1090. The molecule has 0 radical (unpaired) electrons. The van der Waals surface area contributed by atoms with Gasteiger partial charge < -0.3 is 29.4 Å². The number of esters is 1. The largest absolute Gasteiger partial charge is 0.481 e. The minimum atomic E-state index is -1.01. The van der Waals surface area contributed by atoms with Crippen LogP contribution in [0.3, 0.4) is 0 Å². The van der Waals surface area contributed by atoms with Gasteiger partial charge >= 0.3 is 18.1 Å². The van der Waals surface area contributed by atoms with Crippen LogP contribution in [-0.4, -0.2) is 102 Å². The molecule has 0 aromatic heterocycles. The van der Waals surface area contributed by atoms with E-state index in [4.69, 9.17) is 20.7 Å². The van der Waals surface area contributed by atoms with Gasteiger partial charge in [0.2, 0.25) is 0 Å². The normalized spacial score (nSPS) is 21.9. The van der Waals surface area contributed by atoms with Crippen LogP contribution in [0.1, 0.15) is 20.8 Å². The monoisotopic (exact) mass is 513 g/mol. The van der Waals surface area contributed by atoms with E-state index in [9.17, 15) is 19.2 Å². The zero-order valence-corrected chi connectivity index (χ0v) is 21.1. The molecule has 1 aromatic carbocycles. The Balaban J connectivity index is 1.34. The first-order chi connectivity index (χ1) is 17.6. The maximum atomic E-state index is 13.0. The topological polar surface area (TPSA) is 121 Å². The van der Waals surface area contributed by atoms with Crippen molar-refractivity contribution < 1.29 is 33.5 Å². The van der Waals surface area contributed by atoms with Crippen molar-refractivity contribution in [2.75, 3.05) is 50.8 Å². The van der Waals surface area contributed by atoms with Crippen LogP contribution in [0.5, 0.6) is 5.75 Å². The van der Waals surface area contributed by atoms with Crippen LogP contribution in [-0.2, 0) is 19.2 Å². The average molecular weight is 514 g/mol. The van der Waals surface area contributed by atoms with Crippen molar-refractivity contribution >= 4 is 29.7 Å². The van der Waals surface area contributed by atoms with E-state index in [-0.39, 0.29) is 19.7 Å². The van der Waals surface area contributed by atoms with E-state index in [1.165, 1.54) is 4.90 Å². The van der Waals surface area contributed by atoms with E-state index in [0.717, 1.165) is 10.6 Å². The van der Waals surface area contributed by atoms with E-state index >= 15 is 0 Å². The number of carbonyl (C=O) groups is 4. The lowest BCUT2D eigenvalue weighted by Gasteiger charge is -2.36. The molecule has 2 atom stereocenters. The number of hydrogen-bond donors (Lipinski definition) is 1. The molecule has 3 aliphatic rings. The van der Waals surface area contributed by atoms with Crippen molar-refractivity contribution in [3.63, 3.8) is 0 Å². The van der Waals surface area contributed by atoms with Gasteiger partial charge in [0.25, 0.3) is 5.91 Å². The number of hydrogen-bond acceptors (Lipinski definition) is 9. The summed E-state index contributed by atoms with van der Waals surface area (Å²) in [7, 11) is 0. The number of rotatable bonds is 5. The van der Waals surface area contributed by atoms with Gasteiger partial charge in [-0.3, -0.25) is 9.69 Å². The number of nitrogens with zero attached hydrogens (tertiary/aromatic N) is 4. The van der Waals surface area contributed by atoms with Gasteiger partial charge in [0.05, 0.1) is 0 Å². The van der Waals surface area contributed by atoms with Gasteiger partial charge in [0.1, 0.15) is 30.0 Å². The number of piperazine rings is 2. The first-order valence-electron chi connectivity index (χ1n) is 12.1. The van der Waals surface area contributed by atoms with Crippen LogP contribution in [0.25, 0.3) is 0 Å². The Morgan fingerprint density at radius 1 is 1.08 bits per heavy atom. The van der Waals surface area contributed by atoms with Gasteiger partial charge in [0.15, 0.2) is 0 Å². The Morgan fingerprint density at radius 2 is 1.76 bits per heavy atom. The number of urea groups is 1. The van der Waals surface area contributed by atoms with Crippen LogP contribution in [0.15, 0.2) is 24.3 Å². The third-order valence-corrected chi connectivity index (χ3v) is 6.14. The quantitative estimate of drug-likeness (QED) is 0.347. The first kappa shape index (κ1) is 26.1. The molecular weight excluding hydrogens is 482 g/mol. The molecule has 3 fully saturated rings. The van der Waals surface area contributed by atoms with Crippen LogP contribution in [0.4, 0.5) is 15.3 Å². The van der Waals surface area contributed by atoms with Gasteiger partial charge in [-0.15, -0.1) is 6.42 Å². The summed E-state index contributed by atoms with van der Waals surface area (Å²) in [6, 6.07) is 4.64. The molecule has 0 aliphatic carbocycles. The van der Waals surface area contributed by atoms with Gasteiger partial charge in [-0.05, 0) is 45.0 Å². The molecule has 0 spiro atoms. The summed E-state index contributed by atoms with van der Waals surface area (Å²) in [6.07, 6.45) is 4.40. The number of ether oxygens (including phenoxy) is 2. The lowest BCUT2D eigenvalue weighted by Crippen LogP contribution is -2.60. The molecule has 3 aliphatic heterocycles. The SMILES string of the molecule is C#CCOc1ccc(N2CCN(C(=O)ON3C(=O)C4CNCC(C(=O)OC(C)(C)C)N4C3=O)CC2)cc1. The number of nitrogens with one attached hydrogen (secondary N) is 1. The lowest BCUT2D eigenvalue weighted by atomic mass is 10.1. The number of fused-ring (bicyclic) bond motifs is 1. The molecule has 12 heteroatoms. The smallest absolute Gasteiger partial charge is 0.434 e. The number of imide groups is 1. The second kappa shape index (κ2) is 10.6. The van der Waals surface area contributed by atoms with Crippen LogP contribution < -0.4 is 15.0 Å². The van der Waals surface area contributed by atoms with Crippen molar-refractivity contribution in [1.82, 2.24) is 20.2 Å². The lowest BCUT2D eigenvalue weighted by molar-refractivity contribution is -0.161. The van der Waals surface area contributed by atoms with E-state index < -0.39 is 41.7 Å². The van der Waals surface area contributed by atoms with Gasteiger partial charge in [-0.25, -0.2) is 14.4 Å². The molecule has 37 heavy (non-hydrogen) atoms. The molecule has 12 nitrogen and oxygen atoms in total. The summed E-state index contributed by atoms with van der Waals surface area (Å²) in [6.45, 7) is 7.34. The van der Waals surface area contributed by atoms with E-state index in [2.05, 4.69) is 16.1 Å². The predicted octanol–water partition coefficient (Wildman–Crippen LogP) is 0.819. The summed E-state index contributed by atoms with van der Waals surface area (Å²) >= 11 is 0. The highest BCUT2D eigenvalue weighted by Crippen LogP contribution is 2.26. The number of hydroxylamine groups is 2. The van der Waals surface area contributed by atoms with Crippen molar-refractivity contribution in [3.8, 4) is 18.1 Å². The van der Waals surface area contributed by atoms with Crippen molar-refractivity contribution in [2.45, 2.75) is 38.5 Å². The number of carbonyl (C=O) groups excluding carboxylic acids is 4. The molecule has 1 aromatic rings. The average Bonchev–Trinajstić information content (AvgIpc) is 3.11.